The first kappa shape index (κ1) is 27.7. The van der Waals surface area contributed by atoms with Gasteiger partial charge in [0, 0.05) is 0 Å². The van der Waals surface area contributed by atoms with Gasteiger partial charge in [0.25, 0.3) is 0 Å². The molecule has 2 saturated carbocycles. The van der Waals surface area contributed by atoms with Crippen LogP contribution < -0.4 is 0 Å². The van der Waals surface area contributed by atoms with Gasteiger partial charge >= 0.3 is 0 Å². The summed E-state index contributed by atoms with van der Waals surface area (Å²) in [5.41, 5.74) is 9.81. The number of rotatable bonds is 6. The van der Waals surface area contributed by atoms with Gasteiger partial charge in [-0.2, -0.15) is 0 Å². The van der Waals surface area contributed by atoms with Crippen molar-refractivity contribution < 1.29 is 0 Å². The van der Waals surface area contributed by atoms with Crippen LogP contribution in [-0.4, -0.2) is 0 Å². The zero-order valence-corrected chi connectivity index (χ0v) is 25.4. The van der Waals surface area contributed by atoms with E-state index in [1.807, 2.05) is 0 Å². The van der Waals surface area contributed by atoms with Gasteiger partial charge < -0.3 is 0 Å². The molecule has 36 heavy (non-hydrogen) atoms. The quantitative estimate of drug-likeness (QED) is 0.326. The van der Waals surface area contributed by atoms with Crippen molar-refractivity contribution in [1.82, 2.24) is 0 Å². The molecule has 3 unspecified atom stereocenters. The molecule has 0 aromatic carbocycles. The zero-order chi connectivity index (χ0) is 27.1. The lowest BCUT2D eigenvalue weighted by atomic mass is 9.35. The normalized spacial score (nSPS) is 42.5. The highest BCUT2D eigenvalue weighted by Crippen LogP contribution is 2.77. The monoisotopic (exact) mass is 488 g/mol. The van der Waals surface area contributed by atoms with Crippen molar-refractivity contribution in [2.24, 2.45) is 44.8 Å². The maximum Gasteiger partial charge on any atom is -0.000749 e. The molecule has 2 fully saturated rings. The van der Waals surface area contributed by atoms with Crippen LogP contribution in [0.1, 0.15) is 120 Å². The van der Waals surface area contributed by atoms with Crippen LogP contribution in [0.15, 0.2) is 59.8 Å². The summed E-state index contributed by atoms with van der Waals surface area (Å²) in [6.07, 6.45) is 11.0. The predicted octanol–water partition coefficient (Wildman–Crippen LogP) is 11.0. The summed E-state index contributed by atoms with van der Waals surface area (Å²) in [6, 6.07) is 0. The Labute approximate surface area is 224 Å². The van der Waals surface area contributed by atoms with Crippen LogP contribution in [0.5, 0.6) is 0 Å². The summed E-state index contributed by atoms with van der Waals surface area (Å²) < 4.78 is 0. The molecule has 0 aromatic heterocycles. The summed E-state index contributed by atoms with van der Waals surface area (Å²) in [4.78, 5) is 0. The van der Waals surface area contributed by atoms with E-state index in [0.717, 1.165) is 37.5 Å². The van der Waals surface area contributed by atoms with E-state index in [1.54, 1.807) is 11.1 Å². The molecule has 0 heterocycles. The second-order valence-corrected chi connectivity index (χ2v) is 15.5. The lowest BCUT2D eigenvalue weighted by Gasteiger charge is -2.68. The number of hydrogen-bond acceptors (Lipinski definition) is 0. The Morgan fingerprint density at radius 2 is 1.39 bits per heavy atom. The van der Waals surface area contributed by atoms with E-state index >= 15 is 0 Å². The SMILES string of the molecule is C=C(C)CCC(C)C1CC[C@@]2(C)C3=C(C(=C)C[C@]12C)[C@@]1(C)CCC(CC(=C)C)C(C)(C)[C@]1(C)CC3=C. The predicted molar refractivity (Wildman–Crippen MR) is 159 cm³/mol. The van der Waals surface area contributed by atoms with Gasteiger partial charge in [-0.3, -0.25) is 0 Å². The largest absolute Gasteiger partial charge is 0.100 e. The van der Waals surface area contributed by atoms with E-state index in [0.29, 0.717) is 5.92 Å². The summed E-state index contributed by atoms with van der Waals surface area (Å²) >= 11 is 0. The molecule has 4 rings (SSSR count). The van der Waals surface area contributed by atoms with E-state index in [9.17, 15) is 0 Å². The fourth-order valence-corrected chi connectivity index (χ4v) is 10.4. The molecule has 0 saturated heterocycles. The summed E-state index contributed by atoms with van der Waals surface area (Å²) in [5.74, 6) is 2.15. The van der Waals surface area contributed by atoms with Crippen molar-refractivity contribution in [1.29, 1.82) is 0 Å². The molecule has 0 radical (unpaired) electrons. The molecule has 0 heteroatoms. The third-order valence-corrected chi connectivity index (χ3v) is 13.2. The molecule has 0 nitrogen and oxygen atoms in total. The highest BCUT2D eigenvalue weighted by atomic mass is 14.7. The van der Waals surface area contributed by atoms with Crippen molar-refractivity contribution in [2.45, 2.75) is 120 Å². The van der Waals surface area contributed by atoms with Crippen molar-refractivity contribution >= 4 is 0 Å². The Kier molecular flexibility index (Phi) is 6.63. The highest BCUT2D eigenvalue weighted by Gasteiger charge is 2.68. The highest BCUT2D eigenvalue weighted by molar-refractivity contribution is 5.59. The minimum Gasteiger partial charge on any atom is -0.100 e. The molecule has 0 aliphatic heterocycles. The van der Waals surface area contributed by atoms with Gasteiger partial charge in [0.15, 0.2) is 0 Å². The summed E-state index contributed by atoms with van der Waals surface area (Å²) in [7, 11) is 0. The molecule has 200 valence electrons. The van der Waals surface area contributed by atoms with Crippen LogP contribution in [0.4, 0.5) is 0 Å². The lowest BCUT2D eigenvalue weighted by Crippen LogP contribution is -2.60. The maximum absolute atomic E-state index is 4.89. The molecule has 4 aliphatic carbocycles. The van der Waals surface area contributed by atoms with Crippen molar-refractivity contribution in [3.63, 3.8) is 0 Å². The lowest BCUT2D eigenvalue weighted by molar-refractivity contribution is -0.115. The first-order valence-corrected chi connectivity index (χ1v) is 14.9. The van der Waals surface area contributed by atoms with Crippen LogP contribution in [0.25, 0.3) is 0 Å². The summed E-state index contributed by atoms with van der Waals surface area (Å²) in [6.45, 7) is 40.8. The van der Waals surface area contributed by atoms with Crippen LogP contribution in [-0.2, 0) is 0 Å². The average Bonchev–Trinajstić information content (AvgIpc) is 3.02. The van der Waals surface area contributed by atoms with E-state index in [4.69, 9.17) is 13.2 Å². The van der Waals surface area contributed by atoms with E-state index in [1.165, 1.54) is 54.4 Å². The van der Waals surface area contributed by atoms with E-state index < -0.39 is 0 Å². The fourth-order valence-electron chi connectivity index (χ4n) is 10.4. The van der Waals surface area contributed by atoms with Gasteiger partial charge in [-0.1, -0.05) is 83.9 Å². The van der Waals surface area contributed by atoms with Crippen molar-refractivity contribution in [2.75, 3.05) is 0 Å². The molecular formula is C36H56. The van der Waals surface area contributed by atoms with Gasteiger partial charge in [-0.15, -0.1) is 13.2 Å². The minimum absolute atomic E-state index is 0.156. The van der Waals surface area contributed by atoms with Gasteiger partial charge in [0.2, 0.25) is 0 Å². The first-order chi connectivity index (χ1) is 16.5. The molecule has 0 N–H and O–H groups in total. The number of allylic oxidation sites excluding steroid dienone is 6. The molecule has 0 spiro atoms. The molecule has 4 aliphatic rings. The molecule has 7 atom stereocenters. The Morgan fingerprint density at radius 3 is 1.97 bits per heavy atom. The topological polar surface area (TPSA) is 0 Å². The number of hydrogen-bond donors (Lipinski definition) is 0. The van der Waals surface area contributed by atoms with Gasteiger partial charge in [-0.05, 0) is 128 Å². The molecular weight excluding hydrogens is 432 g/mol. The Bertz CT molecular complexity index is 1030. The second kappa shape index (κ2) is 8.61. The fraction of sp³-hybridized carbons (Fsp3) is 0.722. The van der Waals surface area contributed by atoms with E-state index in [2.05, 4.69) is 75.5 Å². The smallest absolute Gasteiger partial charge is 0.000749 e. The van der Waals surface area contributed by atoms with Crippen LogP contribution >= 0.6 is 0 Å². The van der Waals surface area contributed by atoms with Crippen molar-refractivity contribution in [3.05, 3.63) is 59.8 Å². The Balaban J connectivity index is 1.82. The van der Waals surface area contributed by atoms with Crippen LogP contribution in [0, 0.1) is 44.8 Å². The Morgan fingerprint density at radius 1 is 0.833 bits per heavy atom. The molecule has 0 amide bonds. The van der Waals surface area contributed by atoms with Crippen LogP contribution in [0.2, 0.25) is 0 Å². The van der Waals surface area contributed by atoms with Crippen molar-refractivity contribution in [3.8, 4) is 0 Å². The van der Waals surface area contributed by atoms with Gasteiger partial charge in [0.05, 0.1) is 0 Å². The summed E-state index contributed by atoms with van der Waals surface area (Å²) in [5, 5.41) is 0. The van der Waals surface area contributed by atoms with Gasteiger partial charge in [0.1, 0.15) is 0 Å². The van der Waals surface area contributed by atoms with Crippen LogP contribution in [0.3, 0.4) is 0 Å². The zero-order valence-electron chi connectivity index (χ0n) is 25.4. The molecule has 0 bridgehead atoms. The average molecular weight is 489 g/mol. The Hall–Kier alpha value is -1.30. The number of fused-ring (bicyclic) bond motifs is 4. The molecule has 0 aromatic rings. The minimum atomic E-state index is 0.156. The standard InChI is InChI=1S/C36H56/c1-23(2)14-15-25(5)29-17-19-33(10)30-27(7)22-36(13)32(8,9)28(20-24(3)4)16-18-34(36,11)31(30)26(6)21-35(29,33)12/h25,28-29H,1,3,6-7,14-22H2,2,4-5,8-13H3/t25?,28?,29?,33-,34+,35+,36-/m0/s1. The maximum atomic E-state index is 4.89. The third-order valence-electron chi connectivity index (χ3n) is 13.2. The third kappa shape index (κ3) is 3.51. The second-order valence-electron chi connectivity index (χ2n) is 15.5. The first-order valence-electron chi connectivity index (χ1n) is 14.9. The van der Waals surface area contributed by atoms with E-state index in [-0.39, 0.29) is 27.1 Å². The van der Waals surface area contributed by atoms with Gasteiger partial charge in [-0.25, -0.2) is 0 Å².